The van der Waals surface area contributed by atoms with Crippen LogP contribution >= 0.6 is 23.4 Å². The first-order chi connectivity index (χ1) is 18.0. The number of carbonyl (C=O) groups excluding carboxylic acids is 3. The number of aliphatic imine (C=N–C) groups is 1. The van der Waals surface area contributed by atoms with Gasteiger partial charge >= 0.3 is 11.9 Å². The number of amidine groups is 1. The molecule has 1 aromatic carbocycles. The Kier molecular flexibility index (Phi) is 8.57. The lowest BCUT2D eigenvalue weighted by Crippen LogP contribution is -2.44. The monoisotopic (exact) mass is 559 g/mol. The van der Waals surface area contributed by atoms with Crippen molar-refractivity contribution < 1.29 is 23.9 Å². The predicted octanol–water partition coefficient (Wildman–Crippen LogP) is 5.45. The molecule has 0 unspecified atom stereocenters. The number of ether oxygens (including phenoxy) is 2. The number of halogens is 1. The molecule has 0 spiro atoms. The molecule has 10 heteroatoms. The van der Waals surface area contributed by atoms with E-state index in [1.807, 2.05) is 43.2 Å². The highest BCUT2D eigenvalue weighted by atomic mass is 35.5. The minimum Gasteiger partial charge on any atom is -0.466 e. The van der Waals surface area contributed by atoms with E-state index in [9.17, 15) is 14.4 Å². The topological polar surface area (TPSA) is 88.5 Å². The SMILES string of the molecule is CCOC(=O)[C@H]1CCCN(C(=O)CC2=CSC3=NC(C)=C(C(=O)OC(C)(C)C)[C@@H](c4ccc(Cl)cc4)N23)C1. The Bertz CT molecular complexity index is 1200. The van der Waals surface area contributed by atoms with E-state index in [1.54, 1.807) is 30.9 Å². The molecule has 38 heavy (non-hydrogen) atoms. The zero-order chi connectivity index (χ0) is 27.6. The summed E-state index contributed by atoms with van der Waals surface area (Å²) in [5.41, 5.74) is 1.89. The fourth-order valence-corrected chi connectivity index (χ4v) is 5.94. The largest absolute Gasteiger partial charge is 0.466 e. The van der Waals surface area contributed by atoms with Gasteiger partial charge in [0, 0.05) is 23.8 Å². The van der Waals surface area contributed by atoms with Gasteiger partial charge in [0.1, 0.15) is 5.60 Å². The second kappa shape index (κ2) is 11.5. The first kappa shape index (κ1) is 28.2. The fourth-order valence-electron chi connectivity index (χ4n) is 4.85. The Morgan fingerprint density at radius 2 is 1.89 bits per heavy atom. The predicted molar refractivity (Wildman–Crippen MR) is 148 cm³/mol. The third kappa shape index (κ3) is 6.26. The molecule has 0 aliphatic carbocycles. The van der Waals surface area contributed by atoms with E-state index < -0.39 is 17.6 Å². The number of piperidine rings is 1. The molecule has 1 saturated heterocycles. The van der Waals surface area contributed by atoms with Gasteiger partial charge < -0.3 is 19.3 Å². The van der Waals surface area contributed by atoms with Crippen molar-refractivity contribution in [2.75, 3.05) is 19.7 Å². The summed E-state index contributed by atoms with van der Waals surface area (Å²) in [5.74, 6) is -1.09. The summed E-state index contributed by atoms with van der Waals surface area (Å²) in [4.78, 5) is 47.6. The second-order valence-corrected chi connectivity index (χ2v) is 11.8. The Labute approximate surface area is 233 Å². The van der Waals surface area contributed by atoms with Gasteiger partial charge in [-0.3, -0.25) is 9.59 Å². The van der Waals surface area contributed by atoms with Crippen LogP contribution in [0.25, 0.3) is 0 Å². The lowest BCUT2D eigenvalue weighted by Gasteiger charge is -2.38. The summed E-state index contributed by atoms with van der Waals surface area (Å²) in [7, 11) is 0. The van der Waals surface area contributed by atoms with Crippen LogP contribution in [0.2, 0.25) is 5.02 Å². The molecule has 0 bridgehead atoms. The lowest BCUT2D eigenvalue weighted by atomic mass is 9.93. The van der Waals surface area contributed by atoms with Crippen LogP contribution in [0.1, 0.15) is 65.5 Å². The highest BCUT2D eigenvalue weighted by Gasteiger charge is 2.42. The third-order valence-corrected chi connectivity index (χ3v) is 7.67. The molecule has 3 heterocycles. The molecule has 1 aromatic rings. The molecular formula is C28H34ClN3O5S. The minimum absolute atomic E-state index is 0.0768. The third-order valence-electron chi connectivity index (χ3n) is 6.53. The van der Waals surface area contributed by atoms with Gasteiger partial charge in [-0.15, -0.1) is 0 Å². The normalized spacial score (nSPS) is 21.5. The average molecular weight is 560 g/mol. The molecule has 0 saturated carbocycles. The van der Waals surface area contributed by atoms with E-state index in [0.717, 1.165) is 17.7 Å². The number of hydrogen-bond donors (Lipinski definition) is 0. The van der Waals surface area contributed by atoms with Crippen molar-refractivity contribution in [2.24, 2.45) is 10.9 Å². The van der Waals surface area contributed by atoms with Crippen molar-refractivity contribution >= 4 is 46.4 Å². The standard InChI is InChI=1S/C28H34ClN3O5S/c1-6-36-25(34)19-8-7-13-31(15-19)22(33)14-21-16-38-27-30-17(2)23(26(35)37-28(3,4)5)24(32(21)27)18-9-11-20(29)12-10-18/h9-12,16,19,24H,6-8,13-15H2,1-5H3/t19-,24+/m0/s1. The van der Waals surface area contributed by atoms with E-state index in [4.69, 9.17) is 26.1 Å². The van der Waals surface area contributed by atoms with Crippen LogP contribution < -0.4 is 0 Å². The van der Waals surface area contributed by atoms with E-state index in [2.05, 4.69) is 0 Å². The summed E-state index contributed by atoms with van der Waals surface area (Å²) in [6.45, 7) is 10.3. The van der Waals surface area contributed by atoms with E-state index in [-0.39, 0.29) is 24.2 Å². The number of nitrogens with zero attached hydrogens (tertiary/aromatic N) is 3. The molecule has 2 atom stereocenters. The highest BCUT2D eigenvalue weighted by molar-refractivity contribution is 8.16. The molecule has 1 amide bonds. The maximum Gasteiger partial charge on any atom is 0.338 e. The van der Waals surface area contributed by atoms with Crippen LogP contribution in [-0.2, 0) is 23.9 Å². The Hall–Kier alpha value is -2.78. The first-order valence-corrected chi connectivity index (χ1v) is 14.1. The number of amides is 1. The van der Waals surface area contributed by atoms with Crippen LogP contribution in [0.3, 0.4) is 0 Å². The molecule has 0 radical (unpaired) electrons. The molecule has 0 N–H and O–H groups in total. The molecule has 8 nitrogen and oxygen atoms in total. The van der Waals surface area contributed by atoms with Gasteiger partial charge in [0.2, 0.25) is 5.91 Å². The van der Waals surface area contributed by atoms with Crippen LogP contribution in [-0.4, -0.2) is 58.1 Å². The molecule has 3 aliphatic rings. The number of fused-ring (bicyclic) bond motifs is 1. The summed E-state index contributed by atoms with van der Waals surface area (Å²) in [6.07, 6.45) is 1.58. The van der Waals surface area contributed by atoms with Gasteiger partial charge in [0.25, 0.3) is 0 Å². The lowest BCUT2D eigenvalue weighted by molar-refractivity contribution is -0.152. The summed E-state index contributed by atoms with van der Waals surface area (Å²) >= 11 is 7.60. The van der Waals surface area contributed by atoms with Crippen LogP contribution in [0.5, 0.6) is 0 Å². The number of allylic oxidation sites excluding steroid dienone is 1. The van der Waals surface area contributed by atoms with Crippen molar-refractivity contribution in [1.29, 1.82) is 0 Å². The fraction of sp³-hybridized carbons (Fsp3) is 0.500. The quantitative estimate of drug-likeness (QED) is 0.428. The van der Waals surface area contributed by atoms with Gasteiger partial charge in [-0.1, -0.05) is 35.5 Å². The van der Waals surface area contributed by atoms with E-state index >= 15 is 0 Å². The van der Waals surface area contributed by atoms with Gasteiger partial charge in [-0.2, -0.15) is 0 Å². The molecular weight excluding hydrogens is 526 g/mol. The number of hydrogen-bond acceptors (Lipinski definition) is 8. The van der Waals surface area contributed by atoms with Crippen molar-refractivity contribution in [3.63, 3.8) is 0 Å². The Morgan fingerprint density at radius 1 is 1.18 bits per heavy atom. The smallest absolute Gasteiger partial charge is 0.338 e. The zero-order valence-electron chi connectivity index (χ0n) is 22.5. The molecule has 0 aromatic heterocycles. The van der Waals surface area contributed by atoms with Crippen molar-refractivity contribution in [3.05, 3.63) is 57.2 Å². The maximum absolute atomic E-state index is 13.4. The number of benzene rings is 1. The maximum atomic E-state index is 13.4. The number of esters is 2. The van der Waals surface area contributed by atoms with Crippen molar-refractivity contribution in [3.8, 4) is 0 Å². The van der Waals surface area contributed by atoms with E-state index in [0.29, 0.717) is 47.6 Å². The second-order valence-electron chi connectivity index (χ2n) is 10.6. The molecule has 3 aliphatic heterocycles. The summed E-state index contributed by atoms with van der Waals surface area (Å²) in [5, 5.41) is 3.19. The summed E-state index contributed by atoms with van der Waals surface area (Å²) < 4.78 is 11.0. The minimum atomic E-state index is -0.684. The highest BCUT2D eigenvalue weighted by Crippen LogP contribution is 2.45. The van der Waals surface area contributed by atoms with Gasteiger partial charge in [0.15, 0.2) is 5.17 Å². The van der Waals surface area contributed by atoms with Gasteiger partial charge in [-0.25, -0.2) is 9.79 Å². The molecule has 1 fully saturated rings. The van der Waals surface area contributed by atoms with Crippen LogP contribution in [0.4, 0.5) is 0 Å². The average Bonchev–Trinajstić information content (AvgIpc) is 3.24. The number of likely N-dealkylation sites (tertiary alicyclic amines) is 1. The Morgan fingerprint density at radius 3 is 2.55 bits per heavy atom. The molecule has 204 valence electrons. The number of rotatable bonds is 6. The first-order valence-electron chi connectivity index (χ1n) is 12.9. The van der Waals surface area contributed by atoms with Crippen molar-refractivity contribution in [2.45, 2.75) is 65.5 Å². The number of carbonyl (C=O) groups is 3. The van der Waals surface area contributed by atoms with Crippen LogP contribution in [0, 0.1) is 5.92 Å². The van der Waals surface area contributed by atoms with Gasteiger partial charge in [-0.05, 0) is 70.6 Å². The number of thioether (sulfide) groups is 1. The van der Waals surface area contributed by atoms with Crippen LogP contribution in [0.15, 0.2) is 51.6 Å². The zero-order valence-corrected chi connectivity index (χ0v) is 24.0. The van der Waals surface area contributed by atoms with E-state index in [1.165, 1.54) is 11.8 Å². The summed E-state index contributed by atoms with van der Waals surface area (Å²) in [6, 6.07) is 6.80. The van der Waals surface area contributed by atoms with Crippen molar-refractivity contribution in [1.82, 2.24) is 9.80 Å². The van der Waals surface area contributed by atoms with Gasteiger partial charge in [0.05, 0.1) is 36.3 Å². The molecule has 4 rings (SSSR count). The Balaban J connectivity index is 1.62.